The Morgan fingerprint density at radius 2 is 1.79 bits per heavy atom. The molecule has 8 heteroatoms. The predicted octanol–water partition coefficient (Wildman–Crippen LogP) is 3.81. The van der Waals surface area contributed by atoms with Gasteiger partial charge in [0.2, 0.25) is 0 Å². The summed E-state index contributed by atoms with van der Waals surface area (Å²) in [7, 11) is 1.35. The molecule has 1 aliphatic heterocycles. The van der Waals surface area contributed by atoms with Gasteiger partial charge >= 0.3 is 6.18 Å². The highest BCUT2D eigenvalue weighted by molar-refractivity contribution is 5.94. The standard InChI is InChI=1S/C20H20F4N2O2/c1-28-18-6-5-15(12-17(18)21)19(27)26-9-7-25(8-10-26)13-14-3-2-4-16(11-14)20(22,23)24/h2-6,11-12H,7-10,13H2,1H3. The van der Waals surface area contributed by atoms with Crippen LogP contribution in [0.25, 0.3) is 0 Å². The van der Waals surface area contributed by atoms with Gasteiger partial charge in [-0.3, -0.25) is 9.69 Å². The van der Waals surface area contributed by atoms with E-state index in [4.69, 9.17) is 4.74 Å². The Morgan fingerprint density at radius 3 is 2.39 bits per heavy atom. The number of hydrogen-bond acceptors (Lipinski definition) is 3. The topological polar surface area (TPSA) is 32.8 Å². The molecule has 0 spiro atoms. The molecule has 150 valence electrons. The minimum atomic E-state index is -4.37. The van der Waals surface area contributed by atoms with E-state index in [1.165, 1.54) is 25.3 Å². The van der Waals surface area contributed by atoms with Crippen LogP contribution in [0.5, 0.6) is 5.75 Å². The van der Waals surface area contributed by atoms with Crippen LogP contribution in [0.2, 0.25) is 0 Å². The van der Waals surface area contributed by atoms with Crippen LogP contribution in [0.15, 0.2) is 42.5 Å². The maximum atomic E-state index is 13.8. The van der Waals surface area contributed by atoms with E-state index >= 15 is 0 Å². The summed E-state index contributed by atoms with van der Waals surface area (Å²) in [6, 6.07) is 9.33. The van der Waals surface area contributed by atoms with Gasteiger partial charge in [-0.15, -0.1) is 0 Å². The van der Waals surface area contributed by atoms with Crippen molar-refractivity contribution in [2.75, 3.05) is 33.3 Å². The predicted molar refractivity (Wildman–Crippen MR) is 95.6 cm³/mol. The number of hydrogen-bond donors (Lipinski definition) is 0. The Morgan fingerprint density at radius 1 is 1.07 bits per heavy atom. The molecule has 1 heterocycles. The van der Waals surface area contributed by atoms with Gasteiger partial charge in [-0.05, 0) is 29.8 Å². The average Bonchev–Trinajstić information content (AvgIpc) is 2.67. The zero-order valence-corrected chi connectivity index (χ0v) is 15.3. The van der Waals surface area contributed by atoms with Crippen molar-refractivity contribution in [2.24, 2.45) is 0 Å². The van der Waals surface area contributed by atoms with Crippen LogP contribution in [-0.4, -0.2) is 49.0 Å². The molecule has 0 bridgehead atoms. The first kappa shape index (κ1) is 20.1. The van der Waals surface area contributed by atoms with Gasteiger partial charge in [0.25, 0.3) is 5.91 Å². The van der Waals surface area contributed by atoms with E-state index in [2.05, 4.69) is 0 Å². The summed E-state index contributed by atoms with van der Waals surface area (Å²) in [6.45, 7) is 2.28. The summed E-state index contributed by atoms with van der Waals surface area (Å²) in [5.41, 5.74) is 0.150. The summed E-state index contributed by atoms with van der Waals surface area (Å²) < 4.78 is 57.2. The molecule has 4 nitrogen and oxygen atoms in total. The van der Waals surface area contributed by atoms with Gasteiger partial charge < -0.3 is 9.64 Å². The monoisotopic (exact) mass is 396 g/mol. The van der Waals surface area contributed by atoms with Crippen molar-refractivity contribution in [3.63, 3.8) is 0 Å². The number of alkyl halides is 3. The van der Waals surface area contributed by atoms with Crippen LogP contribution in [0.4, 0.5) is 17.6 Å². The van der Waals surface area contributed by atoms with E-state index in [9.17, 15) is 22.4 Å². The van der Waals surface area contributed by atoms with E-state index in [0.29, 0.717) is 38.3 Å². The smallest absolute Gasteiger partial charge is 0.416 e. The average molecular weight is 396 g/mol. The van der Waals surface area contributed by atoms with Crippen molar-refractivity contribution < 1.29 is 27.1 Å². The number of carbonyl (C=O) groups is 1. The van der Waals surface area contributed by atoms with Crippen molar-refractivity contribution in [1.82, 2.24) is 9.80 Å². The third-order valence-corrected chi connectivity index (χ3v) is 4.72. The Bertz CT molecular complexity index is 846. The maximum Gasteiger partial charge on any atom is 0.416 e. The Hall–Kier alpha value is -2.61. The number of ether oxygens (including phenoxy) is 1. The molecule has 0 atom stereocenters. The largest absolute Gasteiger partial charge is 0.494 e. The quantitative estimate of drug-likeness (QED) is 0.737. The van der Waals surface area contributed by atoms with Crippen molar-refractivity contribution in [3.8, 4) is 5.75 Å². The second kappa shape index (κ2) is 8.18. The SMILES string of the molecule is COc1ccc(C(=O)N2CCN(Cc3cccc(C(F)(F)F)c3)CC2)cc1F. The highest BCUT2D eigenvalue weighted by Crippen LogP contribution is 2.30. The van der Waals surface area contributed by atoms with Crippen LogP contribution in [0.3, 0.4) is 0 Å². The number of nitrogens with zero attached hydrogens (tertiary/aromatic N) is 2. The molecule has 0 saturated carbocycles. The Labute approximate surface area is 160 Å². The fourth-order valence-corrected chi connectivity index (χ4v) is 3.20. The number of halogens is 4. The number of rotatable bonds is 4. The maximum absolute atomic E-state index is 13.8. The molecule has 1 aliphatic rings. The van der Waals surface area contributed by atoms with Gasteiger partial charge in [0.1, 0.15) is 0 Å². The fraction of sp³-hybridized carbons (Fsp3) is 0.350. The Kier molecular flexibility index (Phi) is 5.88. The Balaban J connectivity index is 1.59. The van der Waals surface area contributed by atoms with Crippen molar-refractivity contribution in [3.05, 3.63) is 65.0 Å². The fourth-order valence-electron chi connectivity index (χ4n) is 3.20. The molecule has 2 aromatic rings. The number of amides is 1. The van der Waals surface area contributed by atoms with E-state index in [0.717, 1.165) is 18.2 Å². The molecule has 0 N–H and O–H groups in total. The molecule has 2 aromatic carbocycles. The van der Waals surface area contributed by atoms with Crippen LogP contribution >= 0.6 is 0 Å². The first-order valence-electron chi connectivity index (χ1n) is 8.79. The van der Waals surface area contributed by atoms with E-state index in [-0.39, 0.29) is 17.2 Å². The summed E-state index contributed by atoms with van der Waals surface area (Å²) in [4.78, 5) is 16.2. The third kappa shape index (κ3) is 4.62. The molecule has 3 rings (SSSR count). The summed E-state index contributed by atoms with van der Waals surface area (Å²) >= 11 is 0. The summed E-state index contributed by atoms with van der Waals surface area (Å²) in [5.74, 6) is -0.806. The minimum absolute atomic E-state index is 0.0717. The molecule has 1 fully saturated rings. The van der Waals surface area contributed by atoms with Crippen LogP contribution < -0.4 is 4.74 Å². The van der Waals surface area contributed by atoms with Gasteiger partial charge in [0.15, 0.2) is 11.6 Å². The number of benzene rings is 2. The zero-order chi connectivity index (χ0) is 20.3. The molecular weight excluding hydrogens is 376 g/mol. The lowest BCUT2D eigenvalue weighted by Gasteiger charge is -2.35. The molecule has 0 aromatic heterocycles. The van der Waals surface area contributed by atoms with Crippen LogP contribution in [0, 0.1) is 5.82 Å². The number of carbonyl (C=O) groups excluding carboxylic acids is 1. The van der Waals surface area contributed by atoms with Gasteiger partial charge in [0.05, 0.1) is 12.7 Å². The summed E-state index contributed by atoms with van der Waals surface area (Å²) in [5, 5.41) is 0. The van der Waals surface area contributed by atoms with Crippen LogP contribution in [-0.2, 0) is 12.7 Å². The normalized spacial score (nSPS) is 15.5. The molecular formula is C20H20F4N2O2. The molecule has 0 unspecified atom stereocenters. The second-order valence-electron chi connectivity index (χ2n) is 6.62. The highest BCUT2D eigenvalue weighted by atomic mass is 19.4. The van der Waals surface area contributed by atoms with E-state index < -0.39 is 17.6 Å². The van der Waals surface area contributed by atoms with Crippen LogP contribution in [0.1, 0.15) is 21.5 Å². The van der Waals surface area contributed by atoms with Gasteiger partial charge in [-0.25, -0.2) is 4.39 Å². The minimum Gasteiger partial charge on any atom is -0.494 e. The zero-order valence-electron chi connectivity index (χ0n) is 15.3. The van der Waals surface area contributed by atoms with E-state index in [1.807, 2.05) is 4.90 Å². The molecule has 1 amide bonds. The first-order valence-corrected chi connectivity index (χ1v) is 8.79. The lowest BCUT2D eigenvalue weighted by Crippen LogP contribution is -2.48. The van der Waals surface area contributed by atoms with E-state index in [1.54, 1.807) is 11.0 Å². The number of piperazine rings is 1. The lowest BCUT2D eigenvalue weighted by atomic mass is 10.1. The van der Waals surface area contributed by atoms with Gasteiger partial charge in [-0.1, -0.05) is 18.2 Å². The van der Waals surface area contributed by atoms with Crippen molar-refractivity contribution in [1.29, 1.82) is 0 Å². The second-order valence-corrected chi connectivity index (χ2v) is 6.62. The molecule has 28 heavy (non-hydrogen) atoms. The van der Waals surface area contributed by atoms with Gasteiger partial charge in [-0.2, -0.15) is 13.2 Å². The van der Waals surface area contributed by atoms with Crippen molar-refractivity contribution in [2.45, 2.75) is 12.7 Å². The molecule has 1 saturated heterocycles. The van der Waals surface area contributed by atoms with Gasteiger partial charge in [0, 0.05) is 38.3 Å². The highest BCUT2D eigenvalue weighted by Gasteiger charge is 2.30. The molecule has 0 aliphatic carbocycles. The number of methoxy groups -OCH3 is 1. The molecule has 0 radical (unpaired) electrons. The third-order valence-electron chi connectivity index (χ3n) is 4.72. The van der Waals surface area contributed by atoms with Crippen molar-refractivity contribution >= 4 is 5.91 Å². The summed E-state index contributed by atoms with van der Waals surface area (Å²) in [6.07, 6.45) is -4.37. The first-order chi connectivity index (χ1) is 13.3. The lowest BCUT2D eigenvalue weighted by molar-refractivity contribution is -0.137.